The third-order valence-electron chi connectivity index (χ3n) is 3.15. The van der Waals surface area contributed by atoms with E-state index >= 15 is 0 Å². The number of para-hydroxylation sites is 2. The minimum absolute atomic E-state index is 0.302. The summed E-state index contributed by atoms with van der Waals surface area (Å²) in [4.78, 5) is 14.9. The summed E-state index contributed by atoms with van der Waals surface area (Å²) in [6, 6.07) is 14.4. The van der Waals surface area contributed by atoms with Gasteiger partial charge in [-0.2, -0.15) is 4.73 Å². The zero-order valence-electron chi connectivity index (χ0n) is 10.5. The van der Waals surface area contributed by atoms with Gasteiger partial charge in [0.2, 0.25) is 0 Å². The van der Waals surface area contributed by atoms with E-state index in [0.717, 1.165) is 15.5 Å². The molecule has 0 unspecified atom stereocenters. The number of aromatic nitrogens is 1. The molecule has 3 aromatic rings. The van der Waals surface area contributed by atoms with Crippen LogP contribution in [-0.2, 0) is 4.79 Å². The maximum Gasteiger partial charge on any atom is 0.325 e. The number of benzene rings is 2. The van der Waals surface area contributed by atoms with E-state index < -0.39 is 5.97 Å². The van der Waals surface area contributed by atoms with E-state index in [1.807, 2.05) is 36.4 Å². The molecule has 2 aromatic carbocycles. The number of aliphatic carboxylic acids is 1. The van der Waals surface area contributed by atoms with Crippen molar-refractivity contribution in [3.05, 3.63) is 53.9 Å². The first-order valence-corrected chi connectivity index (χ1v) is 6.12. The second kappa shape index (κ2) is 4.70. The molecule has 1 aromatic heterocycles. The van der Waals surface area contributed by atoms with Gasteiger partial charge in [-0.3, -0.25) is 9.79 Å². The standard InChI is InChI=1S/C15H12N2O3/c18-14(19)9-16-15-10-5-1-3-7-12(10)17(20)13-8-4-2-6-11(13)15/h1-8,20H,9H2,(H,18,19). The van der Waals surface area contributed by atoms with Crippen LogP contribution in [-0.4, -0.2) is 27.6 Å². The van der Waals surface area contributed by atoms with Crippen molar-refractivity contribution in [1.82, 2.24) is 4.73 Å². The highest BCUT2D eigenvalue weighted by atomic mass is 16.5. The molecule has 0 aliphatic heterocycles. The van der Waals surface area contributed by atoms with Crippen LogP contribution in [0.4, 0.5) is 0 Å². The fourth-order valence-electron chi connectivity index (χ4n) is 2.31. The Labute approximate surface area is 114 Å². The highest BCUT2D eigenvalue weighted by Crippen LogP contribution is 2.17. The summed E-state index contributed by atoms with van der Waals surface area (Å²) < 4.78 is 1.10. The smallest absolute Gasteiger partial charge is 0.325 e. The van der Waals surface area contributed by atoms with Crippen LogP contribution in [0, 0.1) is 0 Å². The fraction of sp³-hybridized carbons (Fsp3) is 0.0667. The van der Waals surface area contributed by atoms with Crippen molar-refractivity contribution < 1.29 is 15.1 Å². The lowest BCUT2D eigenvalue weighted by molar-refractivity contribution is -0.135. The Bertz CT molecular complexity index is 821. The van der Waals surface area contributed by atoms with Gasteiger partial charge in [-0.25, -0.2) is 0 Å². The van der Waals surface area contributed by atoms with Gasteiger partial charge in [-0.1, -0.05) is 36.4 Å². The van der Waals surface area contributed by atoms with Crippen molar-refractivity contribution >= 4 is 27.8 Å². The van der Waals surface area contributed by atoms with Gasteiger partial charge < -0.3 is 10.3 Å². The van der Waals surface area contributed by atoms with Crippen LogP contribution in [0.1, 0.15) is 0 Å². The van der Waals surface area contributed by atoms with E-state index in [1.54, 1.807) is 12.1 Å². The minimum Gasteiger partial charge on any atom is -0.480 e. The number of carboxylic acids is 1. The number of fused-ring (bicyclic) bond motifs is 2. The predicted molar refractivity (Wildman–Crippen MR) is 74.7 cm³/mol. The van der Waals surface area contributed by atoms with Gasteiger partial charge in [-0.05, 0) is 12.1 Å². The SMILES string of the molecule is O=C(O)CN=c1c2ccccc2n(O)c2ccccc12. The molecule has 1 heterocycles. The Morgan fingerprint density at radius 1 is 1.00 bits per heavy atom. The van der Waals surface area contributed by atoms with Crippen molar-refractivity contribution in [3.8, 4) is 0 Å². The third-order valence-corrected chi connectivity index (χ3v) is 3.15. The number of carbonyl (C=O) groups is 1. The van der Waals surface area contributed by atoms with Gasteiger partial charge in [0.1, 0.15) is 6.54 Å². The lowest BCUT2D eigenvalue weighted by Gasteiger charge is -2.09. The van der Waals surface area contributed by atoms with E-state index in [-0.39, 0.29) is 6.54 Å². The molecule has 0 spiro atoms. The van der Waals surface area contributed by atoms with Crippen molar-refractivity contribution in [3.63, 3.8) is 0 Å². The first-order chi connectivity index (χ1) is 9.68. The van der Waals surface area contributed by atoms with Crippen LogP contribution in [0.15, 0.2) is 53.5 Å². The fourth-order valence-corrected chi connectivity index (χ4v) is 2.31. The van der Waals surface area contributed by atoms with Crippen LogP contribution in [0.3, 0.4) is 0 Å². The van der Waals surface area contributed by atoms with Gasteiger partial charge in [0.05, 0.1) is 16.4 Å². The number of carboxylic acid groups (broad SMARTS) is 1. The third kappa shape index (κ3) is 1.89. The quantitative estimate of drug-likeness (QED) is 0.551. The van der Waals surface area contributed by atoms with Gasteiger partial charge in [-0.15, -0.1) is 0 Å². The lowest BCUT2D eigenvalue weighted by Crippen LogP contribution is -2.14. The average Bonchev–Trinajstić information content (AvgIpc) is 2.47. The summed E-state index contributed by atoms with van der Waals surface area (Å²) in [7, 11) is 0. The largest absolute Gasteiger partial charge is 0.480 e. The molecule has 2 N–H and O–H groups in total. The normalized spacial score (nSPS) is 10.8. The Kier molecular flexibility index (Phi) is 2.87. The molecule has 0 saturated carbocycles. The molecule has 0 aliphatic rings. The van der Waals surface area contributed by atoms with Gasteiger partial charge in [0, 0.05) is 10.8 Å². The number of pyridine rings is 1. The molecule has 0 aliphatic carbocycles. The molecule has 5 nitrogen and oxygen atoms in total. The Hall–Kier alpha value is -2.82. The molecule has 0 saturated heterocycles. The van der Waals surface area contributed by atoms with Crippen molar-refractivity contribution in [2.45, 2.75) is 0 Å². The summed E-state index contributed by atoms with van der Waals surface area (Å²) in [5, 5.41) is 21.1. The number of hydrogen-bond acceptors (Lipinski definition) is 3. The molecular formula is C15H12N2O3. The first-order valence-electron chi connectivity index (χ1n) is 6.12. The molecule has 0 fully saturated rings. The van der Waals surface area contributed by atoms with Crippen LogP contribution in [0.25, 0.3) is 21.8 Å². The zero-order chi connectivity index (χ0) is 14.1. The second-order valence-corrected chi connectivity index (χ2v) is 4.40. The summed E-state index contributed by atoms with van der Waals surface area (Å²) in [5.74, 6) is -0.987. The van der Waals surface area contributed by atoms with Crippen molar-refractivity contribution in [2.24, 2.45) is 4.99 Å². The van der Waals surface area contributed by atoms with Gasteiger partial charge in [0.15, 0.2) is 0 Å². The second-order valence-electron chi connectivity index (χ2n) is 4.40. The highest BCUT2D eigenvalue weighted by Gasteiger charge is 2.08. The highest BCUT2D eigenvalue weighted by molar-refractivity contribution is 5.92. The molecular weight excluding hydrogens is 256 g/mol. The number of nitrogens with zero attached hydrogens (tertiary/aromatic N) is 2. The Balaban J connectivity index is 2.53. The van der Waals surface area contributed by atoms with E-state index in [1.165, 1.54) is 0 Å². The van der Waals surface area contributed by atoms with Crippen molar-refractivity contribution in [2.75, 3.05) is 6.54 Å². The number of rotatable bonds is 2. The molecule has 100 valence electrons. The minimum atomic E-state index is -0.987. The summed E-state index contributed by atoms with van der Waals surface area (Å²) in [5.41, 5.74) is 1.19. The molecule has 0 atom stereocenters. The molecule has 3 rings (SSSR count). The van der Waals surface area contributed by atoms with E-state index in [2.05, 4.69) is 4.99 Å². The van der Waals surface area contributed by atoms with Crippen LogP contribution >= 0.6 is 0 Å². The maximum absolute atomic E-state index is 10.8. The monoisotopic (exact) mass is 268 g/mol. The molecule has 0 radical (unpaired) electrons. The summed E-state index contributed by atoms with van der Waals surface area (Å²) >= 11 is 0. The van der Waals surface area contributed by atoms with E-state index in [9.17, 15) is 10.0 Å². The Morgan fingerprint density at radius 2 is 1.50 bits per heavy atom. The van der Waals surface area contributed by atoms with Crippen LogP contribution < -0.4 is 5.36 Å². The topological polar surface area (TPSA) is 74.8 Å². The Morgan fingerprint density at radius 3 is 2.00 bits per heavy atom. The summed E-state index contributed by atoms with van der Waals surface area (Å²) in [6.07, 6.45) is 0. The van der Waals surface area contributed by atoms with Crippen LogP contribution in [0.5, 0.6) is 0 Å². The number of hydrogen-bond donors (Lipinski definition) is 2. The summed E-state index contributed by atoms with van der Waals surface area (Å²) in [6.45, 7) is -0.302. The average molecular weight is 268 g/mol. The molecule has 0 amide bonds. The van der Waals surface area contributed by atoms with Gasteiger partial charge in [0.25, 0.3) is 0 Å². The first kappa shape index (κ1) is 12.2. The predicted octanol–water partition coefficient (Wildman–Crippen LogP) is 2.02. The lowest BCUT2D eigenvalue weighted by atomic mass is 10.1. The molecule has 5 heteroatoms. The molecule has 0 bridgehead atoms. The molecule has 20 heavy (non-hydrogen) atoms. The van der Waals surface area contributed by atoms with Crippen LogP contribution in [0.2, 0.25) is 0 Å². The van der Waals surface area contributed by atoms with E-state index in [4.69, 9.17) is 5.11 Å². The van der Waals surface area contributed by atoms with Gasteiger partial charge >= 0.3 is 5.97 Å². The van der Waals surface area contributed by atoms with E-state index in [0.29, 0.717) is 16.4 Å². The van der Waals surface area contributed by atoms with Crippen molar-refractivity contribution in [1.29, 1.82) is 0 Å². The zero-order valence-corrected chi connectivity index (χ0v) is 10.5. The maximum atomic E-state index is 10.8.